The van der Waals surface area contributed by atoms with Crippen molar-refractivity contribution in [1.82, 2.24) is 5.32 Å². The number of methoxy groups -OCH3 is 1. The number of hydrogen-bond donors (Lipinski definition) is 2. The van der Waals surface area contributed by atoms with Crippen LogP contribution in [0, 0.1) is 0 Å². The molecule has 1 fully saturated rings. The molecule has 6 nitrogen and oxygen atoms in total. The summed E-state index contributed by atoms with van der Waals surface area (Å²) in [6, 6.07) is 7.12. The van der Waals surface area contributed by atoms with Gasteiger partial charge in [-0.1, -0.05) is 12.1 Å². The third-order valence-electron chi connectivity index (χ3n) is 4.64. The molecule has 6 heteroatoms. The molecule has 1 amide bonds. The molecule has 2 rings (SSSR count). The van der Waals surface area contributed by atoms with Gasteiger partial charge in [0, 0.05) is 6.42 Å². The van der Waals surface area contributed by atoms with Crippen molar-refractivity contribution in [3.05, 3.63) is 29.8 Å². The topological polar surface area (TPSA) is 84.9 Å². The number of aliphatic carboxylic acids is 1. The summed E-state index contributed by atoms with van der Waals surface area (Å²) in [6.07, 6.45) is 3.12. The zero-order valence-electron chi connectivity index (χ0n) is 15.1. The van der Waals surface area contributed by atoms with Crippen LogP contribution < -0.4 is 10.1 Å². The minimum absolute atomic E-state index is 0.114. The van der Waals surface area contributed by atoms with E-state index < -0.39 is 11.5 Å². The van der Waals surface area contributed by atoms with Crippen molar-refractivity contribution in [2.24, 2.45) is 0 Å². The van der Waals surface area contributed by atoms with E-state index in [4.69, 9.17) is 9.47 Å². The van der Waals surface area contributed by atoms with Gasteiger partial charge < -0.3 is 19.9 Å². The Morgan fingerprint density at radius 2 is 2.16 bits per heavy atom. The van der Waals surface area contributed by atoms with E-state index in [1.54, 1.807) is 38.3 Å². The number of hydrogen-bond acceptors (Lipinski definition) is 4. The molecule has 3 unspecified atom stereocenters. The van der Waals surface area contributed by atoms with E-state index in [1.807, 2.05) is 6.92 Å². The van der Waals surface area contributed by atoms with Crippen LogP contribution in [0.5, 0.6) is 5.75 Å². The van der Waals surface area contributed by atoms with Crippen molar-refractivity contribution in [2.75, 3.05) is 7.11 Å². The fourth-order valence-electron chi connectivity index (χ4n) is 3.25. The second-order valence-corrected chi connectivity index (χ2v) is 6.87. The van der Waals surface area contributed by atoms with E-state index in [1.165, 1.54) is 0 Å². The summed E-state index contributed by atoms with van der Waals surface area (Å²) >= 11 is 0. The molecule has 25 heavy (non-hydrogen) atoms. The second-order valence-electron chi connectivity index (χ2n) is 6.87. The number of carbonyl (C=O) groups is 2. The highest BCUT2D eigenvalue weighted by atomic mass is 16.5. The lowest BCUT2D eigenvalue weighted by Gasteiger charge is -2.30. The summed E-state index contributed by atoms with van der Waals surface area (Å²) in [6.45, 7) is 3.76. The summed E-state index contributed by atoms with van der Waals surface area (Å²) < 4.78 is 10.9. The third-order valence-corrected chi connectivity index (χ3v) is 4.64. The Bertz CT molecular complexity index is 618. The van der Waals surface area contributed by atoms with E-state index >= 15 is 0 Å². The van der Waals surface area contributed by atoms with Gasteiger partial charge in [-0.15, -0.1) is 0 Å². The van der Waals surface area contributed by atoms with Crippen LogP contribution in [0.25, 0.3) is 0 Å². The predicted molar refractivity (Wildman–Crippen MR) is 93.5 cm³/mol. The van der Waals surface area contributed by atoms with Gasteiger partial charge in [-0.2, -0.15) is 0 Å². The molecule has 1 saturated heterocycles. The molecule has 1 aliphatic rings. The molecule has 0 saturated carbocycles. The molecule has 1 aromatic carbocycles. The molecule has 1 aromatic rings. The SMILES string of the molecule is COc1cccc(C(C)(CC(=O)O)NC(=O)CCC2CCC(C)O2)c1. The summed E-state index contributed by atoms with van der Waals surface area (Å²) in [5.74, 6) is -0.523. The van der Waals surface area contributed by atoms with Crippen LogP contribution in [0.3, 0.4) is 0 Å². The van der Waals surface area contributed by atoms with E-state index in [-0.39, 0.29) is 24.5 Å². The number of ether oxygens (including phenoxy) is 2. The standard InChI is InChI=1S/C19H27NO5/c1-13-7-8-15(25-13)9-10-17(21)20-19(2,12-18(22)23)14-5-4-6-16(11-14)24-3/h4-6,11,13,15H,7-10,12H2,1-3H3,(H,20,21)(H,22,23). The monoisotopic (exact) mass is 349 g/mol. The van der Waals surface area contributed by atoms with Crippen molar-refractivity contribution in [2.45, 2.75) is 63.7 Å². The smallest absolute Gasteiger partial charge is 0.306 e. The molecular weight excluding hydrogens is 322 g/mol. The highest BCUT2D eigenvalue weighted by molar-refractivity contribution is 5.78. The zero-order chi connectivity index (χ0) is 18.4. The molecule has 0 aromatic heterocycles. The van der Waals surface area contributed by atoms with Crippen molar-refractivity contribution in [1.29, 1.82) is 0 Å². The van der Waals surface area contributed by atoms with Gasteiger partial charge in [0.2, 0.25) is 5.91 Å². The van der Waals surface area contributed by atoms with Gasteiger partial charge in [0.1, 0.15) is 5.75 Å². The third kappa shape index (κ3) is 5.46. The fraction of sp³-hybridized carbons (Fsp3) is 0.579. The number of amides is 1. The Morgan fingerprint density at radius 1 is 1.40 bits per heavy atom. The lowest BCUT2D eigenvalue weighted by atomic mass is 9.88. The number of carboxylic acids is 1. The molecule has 0 bridgehead atoms. The number of carbonyl (C=O) groups excluding carboxylic acids is 1. The van der Waals surface area contributed by atoms with Gasteiger partial charge in [0.25, 0.3) is 0 Å². The van der Waals surface area contributed by atoms with Crippen molar-refractivity contribution < 1.29 is 24.2 Å². The Morgan fingerprint density at radius 3 is 2.76 bits per heavy atom. The van der Waals surface area contributed by atoms with E-state index in [0.717, 1.165) is 12.8 Å². The first kappa shape index (κ1) is 19.2. The van der Waals surface area contributed by atoms with Crippen LogP contribution in [-0.4, -0.2) is 36.3 Å². The maximum Gasteiger partial charge on any atom is 0.306 e. The lowest BCUT2D eigenvalue weighted by molar-refractivity contribution is -0.139. The summed E-state index contributed by atoms with van der Waals surface area (Å²) in [5.41, 5.74) is -0.297. The highest BCUT2D eigenvalue weighted by Crippen LogP contribution is 2.28. The van der Waals surface area contributed by atoms with Gasteiger partial charge in [-0.25, -0.2) is 0 Å². The van der Waals surface area contributed by atoms with Crippen LogP contribution in [0.2, 0.25) is 0 Å². The Labute approximate surface area is 148 Å². The largest absolute Gasteiger partial charge is 0.497 e. The first-order valence-electron chi connectivity index (χ1n) is 8.65. The average molecular weight is 349 g/mol. The molecule has 0 spiro atoms. The number of rotatable bonds is 8. The maximum atomic E-state index is 12.4. The van der Waals surface area contributed by atoms with Crippen molar-refractivity contribution >= 4 is 11.9 Å². The minimum Gasteiger partial charge on any atom is -0.497 e. The molecule has 1 aliphatic heterocycles. The van der Waals surface area contributed by atoms with Gasteiger partial charge in [0.15, 0.2) is 0 Å². The summed E-state index contributed by atoms with van der Waals surface area (Å²) in [4.78, 5) is 23.7. The first-order chi connectivity index (χ1) is 11.8. The van der Waals surface area contributed by atoms with Crippen LogP contribution in [0.15, 0.2) is 24.3 Å². The van der Waals surface area contributed by atoms with E-state index in [2.05, 4.69) is 5.32 Å². The second kappa shape index (κ2) is 8.34. The maximum absolute atomic E-state index is 12.4. The molecule has 138 valence electrons. The molecule has 0 aliphatic carbocycles. The predicted octanol–water partition coefficient (Wildman–Crippen LogP) is 2.85. The Balaban J connectivity index is 2.05. The summed E-state index contributed by atoms with van der Waals surface area (Å²) in [7, 11) is 1.55. The summed E-state index contributed by atoms with van der Waals surface area (Å²) in [5, 5.41) is 12.2. The van der Waals surface area contributed by atoms with Gasteiger partial charge in [-0.05, 0) is 50.8 Å². The zero-order valence-corrected chi connectivity index (χ0v) is 15.1. The molecule has 0 radical (unpaired) electrons. The van der Waals surface area contributed by atoms with Crippen LogP contribution in [-0.2, 0) is 19.9 Å². The number of carboxylic acid groups (broad SMARTS) is 1. The normalized spacial score (nSPS) is 22.2. The van der Waals surface area contributed by atoms with Gasteiger partial charge in [0.05, 0.1) is 31.3 Å². The number of benzene rings is 1. The molecule has 2 N–H and O–H groups in total. The van der Waals surface area contributed by atoms with Crippen molar-refractivity contribution in [3.8, 4) is 5.75 Å². The fourth-order valence-corrected chi connectivity index (χ4v) is 3.25. The van der Waals surface area contributed by atoms with Gasteiger partial charge >= 0.3 is 5.97 Å². The molecule has 1 heterocycles. The Kier molecular flexibility index (Phi) is 6.42. The molecule has 3 atom stereocenters. The van der Waals surface area contributed by atoms with Crippen LogP contribution >= 0.6 is 0 Å². The van der Waals surface area contributed by atoms with E-state index in [9.17, 15) is 14.7 Å². The van der Waals surface area contributed by atoms with Crippen LogP contribution in [0.1, 0.15) is 51.5 Å². The Hall–Kier alpha value is -2.08. The van der Waals surface area contributed by atoms with Crippen LogP contribution in [0.4, 0.5) is 0 Å². The quantitative estimate of drug-likeness (QED) is 0.754. The van der Waals surface area contributed by atoms with Gasteiger partial charge in [-0.3, -0.25) is 9.59 Å². The highest BCUT2D eigenvalue weighted by Gasteiger charge is 2.32. The molecular formula is C19H27NO5. The van der Waals surface area contributed by atoms with E-state index in [0.29, 0.717) is 24.2 Å². The lowest BCUT2D eigenvalue weighted by Crippen LogP contribution is -2.45. The number of nitrogens with one attached hydrogen (secondary N) is 1. The minimum atomic E-state index is -0.999. The average Bonchev–Trinajstić information content (AvgIpc) is 2.97. The van der Waals surface area contributed by atoms with Crippen molar-refractivity contribution in [3.63, 3.8) is 0 Å². The first-order valence-corrected chi connectivity index (χ1v) is 8.65.